The third-order valence-corrected chi connectivity index (χ3v) is 4.24. The zero-order valence-electron chi connectivity index (χ0n) is 11.4. The Hall–Kier alpha value is -1.52. The van der Waals surface area contributed by atoms with Crippen molar-refractivity contribution < 1.29 is 4.79 Å². The van der Waals surface area contributed by atoms with E-state index in [0.29, 0.717) is 29.2 Å². The van der Waals surface area contributed by atoms with E-state index in [0.717, 1.165) is 17.4 Å². The summed E-state index contributed by atoms with van der Waals surface area (Å²) in [6, 6.07) is 7.79. The molecule has 0 saturated carbocycles. The molecule has 3 N–H and O–H groups in total. The normalized spacial score (nSPS) is 22.3. The molecule has 1 amide bonds. The Morgan fingerprint density at radius 1 is 1.45 bits per heavy atom. The fourth-order valence-electron chi connectivity index (χ4n) is 2.69. The molecular weight excluding hydrogens is 274 g/mol. The summed E-state index contributed by atoms with van der Waals surface area (Å²) >= 11 is 5.94. The van der Waals surface area contributed by atoms with Gasteiger partial charge in [-0.15, -0.1) is 0 Å². The topological polar surface area (TPSA) is 56.9 Å². The molecule has 20 heavy (non-hydrogen) atoms. The van der Waals surface area contributed by atoms with Gasteiger partial charge >= 0.3 is 0 Å². The van der Waals surface area contributed by atoms with E-state index in [2.05, 4.69) is 22.5 Å². The lowest BCUT2D eigenvalue weighted by Gasteiger charge is -2.15. The Morgan fingerprint density at radius 3 is 3.05 bits per heavy atom. The van der Waals surface area contributed by atoms with E-state index < -0.39 is 0 Å². The quantitative estimate of drug-likeness (QED) is 0.814. The molecule has 2 aromatic rings. The molecule has 1 aliphatic heterocycles. The molecule has 0 radical (unpaired) electrons. The van der Waals surface area contributed by atoms with Crippen molar-refractivity contribution in [1.82, 2.24) is 15.6 Å². The lowest BCUT2D eigenvalue weighted by Crippen LogP contribution is -2.39. The molecule has 2 unspecified atom stereocenters. The van der Waals surface area contributed by atoms with Crippen LogP contribution in [-0.4, -0.2) is 30.0 Å². The van der Waals surface area contributed by atoms with Gasteiger partial charge in [-0.1, -0.05) is 24.6 Å². The molecule has 3 rings (SSSR count). The van der Waals surface area contributed by atoms with Crippen molar-refractivity contribution >= 4 is 28.4 Å². The molecule has 0 bridgehead atoms. The number of carbonyl (C=O) groups is 1. The van der Waals surface area contributed by atoms with Gasteiger partial charge in [0.2, 0.25) is 0 Å². The minimum absolute atomic E-state index is 0.0711. The molecule has 1 aromatic heterocycles. The SMILES string of the molecule is CC1CCNC1CNC(=O)c1cc2ccc(Cl)cc2[nH]1. The predicted molar refractivity (Wildman–Crippen MR) is 81.2 cm³/mol. The standard InChI is InChI=1S/C15H18ClN3O/c1-9-4-5-17-14(9)8-18-15(20)13-6-10-2-3-11(16)7-12(10)19-13/h2-3,6-7,9,14,17,19H,4-5,8H2,1H3,(H,18,20). The van der Waals surface area contributed by atoms with Crippen molar-refractivity contribution in [3.05, 3.63) is 35.0 Å². The number of rotatable bonds is 3. The van der Waals surface area contributed by atoms with Crippen molar-refractivity contribution in [3.63, 3.8) is 0 Å². The van der Waals surface area contributed by atoms with Crippen LogP contribution >= 0.6 is 11.6 Å². The highest BCUT2D eigenvalue weighted by Gasteiger charge is 2.23. The molecule has 4 nitrogen and oxygen atoms in total. The predicted octanol–water partition coefficient (Wildman–Crippen LogP) is 2.55. The van der Waals surface area contributed by atoms with Crippen LogP contribution in [0.3, 0.4) is 0 Å². The van der Waals surface area contributed by atoms with Crippen LogP contribution in [0.15, 0.2) is 24.3 Å². The van der Waals surface area contributed by atoms with Crippen LogP contribution in [0.2, 0.25) is 5.02 Å². The van der Waals surface area contributed by atoms with Gasteiger partial charge in [-0.2, -0.15) is 0 Å². The Balaban J connectivity index is 1.69. The van der Waals surface area contributed by atoms with Crippen LogP contribution in [0.1, 0.15) is 23.8 Å². The summed E-state index contributed by atoms with van der Waals surface area (Å²) in [5, 5.41) is 8.04. The minimum atomic E-state index is -0.0711. The fraction of sp³-hybridized carbons (Fsp3) is 0.400. The Kier molecular flexibility index (Phi) is 3.68. The van der Waals surface area contributed by atoms with Gasteiger partial charge in [0.05, 0.1) is 0 Å². The largest absolute Gasteiger partial charge is 0.350 e. The fourth-order valence-corrected chi connectivity index (χ4v) is 2.86. The maximum absolute atomic E-state index is 12.2. The summed E-state index contributed by atoms with van der Waals surface area (Å²) in [7, 11) is 0. The Morgan fingerprint density at radius 2 is 2.30 bits per heavy atom. The van der Waals surface area contributed by atoms with Gasteiger partial charge in [-0.25, -0.2) is 0 Å². The Labute approximate surface area is 122 Å². The molecule has 2 atom stereocenters. The first-order valence-corrected chi connectivity index (χ1v) is 7.31. The second-order valence-corrected chi connectivity index (χ2v) is 5.89. The van der Waals surface area contributed by atoms with E-state index in [1.165, 1.54) is 6.42 Å². The number of aromatic amines is 1. The molecule has 5 heteroatoms. The number of carbonyl (C=O) groups excluding carboxylic acids is 1. The smallest absolute Gasteiger partial charge is 0.267 e. The number of H-pyrrole nitrogens is 1. The van der Waals surface area contributed by atoms with E-state index in [4.69, 9.17) is 11.6 Å². The van der Waals surface area contributed by atoms with Crippen LogP contribution in [0.4, 0.5) is 0 Å². The molecule has 1 aromatic carbocycles. The zero-order valence-corrected chi connectivity index (χ0v) is 12.1. The number of halogens is 1. The average molecular weight is 292 g/mol. The molecule has 0 spiro atoms. The molecule has 106 valence electrons. The molecule has 1 saturated heterocycles. The summed E-state index contributed by atoms with van der Waals surface area (Å²) in [6.45, 7) is 3.91. The second kappa shape index (κ2) is 5.46. The molecule has 1 fully saturated rings. The highest BCUT2D eigenvalue weighted by molar-refractivity contribution is 6.31. The van der Waals surface area contributed by atoms with Gasteiger partial charge in [0.1, 0.15) is 5.69 Å². The van der Waals surface area contributed by atoms with E-state index in [1.54, 1.807) is 0 Å². The lowest BCUT2D eigenvalue weighted by molar-refractivity contribution is 0.0944. The van der Waals surface area contributed by atoms with Crippen molar-refractivity contribution in [2.24, 2.45) is 5.92 Å². The maximum atomic E-state index is 12.2. The van der Waals surface area contributed by atoms with Gasteiger partial charge in [0.25, 0.3) is 5.91 Å². The van der Waals surface area contributed by atoms with E-state index in [9.17, 15) is 4.79 Å². The van der Waals surface area contributed by atoms with Crippen LogP contribution in [0.25, 0.3) is 10.9 Å². The van der Waals surface area contributed by atoms with Crippen LogP contribution < -0.4 is 10.6 Å². The van der Waals surface area contributed by atoms with Crippen molar-refractivity contribution in [2.45, 2.75) is 19.4 Å². The number of fused-ring (bicyclic) bond motifs is 1. The first kappa shape index (κ1) is 13.5. The maximum Gasteiger partial charge on any atom is 0.267 e. The summed E-state index contributed by atoms with van der Waals surface area (Å²) in [6.07, 6.45) is 1.17. The van der Waals surface area contributed by atoms with Crippen LogP contribution in [0.5, 0.6) is 0 Å². The third kappa shape index (κ3) is 2.67. The molecule has 1 aliphatic rings. The molecular formula is C15H18ClN3O. The third-order valence-electron chi connectivity index (χ3n) is 4.00. The van der Waals surface area contributed by atoms with E-state index >= 15 is 0 Å². The number of aromatic nitrogens is 1. The van der Waals surface area contributed by atoms with Crippen LogP contribution in [-0.2, 0) is 0 Å². The number of amides is 1. The number of hydrogen-bond donors (Lipinski definition) is 3. The first-order chi connectivity index (χ1) is 9.63. The van der Waals surface area contributed by atoms with Gasteiger partial charge in [-0.3, -0.25) is 4.79 Å². The lowest BCUT2D eigenvalue weighted by atomic mass is 10.0. The number of hydrogen-bond acceptors (Lipinski definition) is 2. The zero-order chi connectivity index (χ0) is 14.1. The minimum Gasteiger partial charge on any atom is -0.350 e. The summed E-state index contributed by atoms with van der Waals surface area (Å²) < 4.78 is 0. The number of nitrogens with one attached hydrogen (secondary N) is 3. The highest BCUT2D eigenvalue weighted by Crippen LogP contribution is 2.20. The van der Waals surface area contributed by atoms with Crippen LogP contribution in [0, 0.1) is 5.92 Å². The van der Waals surface area contributed by atoms with E-state index in [-0.39, 0.29) is 5.91 Å². The number of benzene rings is 1. The summed E-state index contributed by atoms with van der Waals surface area (Å²) in [5.41, 5.74) is 1.46. The Bertz CT molecular complexity index is 637. The van der Waals surface area contributed by atoms with Gasteiger partial charge < -0.3 is 15.6 Å². The average Bonchev–Trinajstić information content (AvgIpc) is 3.01. The van der Waals surface area contributed by atoms with Gasteiger partial charge in [0, 0.05) is 28.5 Å². The molecule has 0 aliphatic carbocycles. The van der Waals surface area contributed by atoms with Crippen molar-refractivity contribution in [1.29, 1.82) is 0 Å². The highest BCUT2D eigenvalue weighted by atomic mass is 35.5. The monoisotopic (exact) mass is 291 g/mol. The van der Waals surface area contributed by atoms with Gasteiger partial charge in [-0.05, 0) is 37.1 Å². The van der Waals surface area contributed by atoms with E-state index in [1.807, 2.05) is 24.3 Å². The van der Waals surface area contributed by atoms with Crippen molar-refractivity contribution in [2.75, 3.05) is 13.1 Å². The van der Waals surface area contributed by atoms with Gasteiger partial charge in [0.15, 0.2) is 0 Å². The summed E-state index contributed by atoms with van der Waals surface area (Å²) in [5.74, 6) is 0.537. The second-order valence-electron chi connectivity index (χ2n) is 5.45. The molecule has 2 heterocycles. The summed E-state index contributed by atoms with van der Waals surface area (Å²) in [4.78, 5) is 15.3. The van der Waals surface area contributed by atoms with Crippen molar-refractivity contribution in [3.8, 4) is 0 Å². The first-order valence-electron chi connectivity index (χ1n) is 6.93.